The highest BCUT2D eigenvalue weighted by atomic mass is 16.3. The summed E-state index contributed by atoms with van der Waals surface area (Å²) in [4.78, 5) is 16.5. The number of rotatable bonds is 6. The molecule has 4 nitrogen and oxygen atoms in total. The van der Waals surface area contributed by atoms with Crippen molar-refractivity contribution in [3.05, 3.63) is 214 Å². The van der Waals surface area contributed by atoms with E-state index in [1.807, 2.05) is 0 Å². The molecule has 312 valence electrons. The van der Waals surface area contributed by atoms with Crippen LogP contribution in [0.5, 0.6) is 0 Å². The van der Waals surface area contributed by atoms with Crippen LogP contribution >= 0.6 is 0 Å². The van der Waals surface area contributed by atoms with Crippen molar-refractivity contribution < 1.29 is 4.42 Å². The largest absolute Gasteiger partial charge is 0.456 e. The van der Waals surface area contributed by atoms with Crippen molar-refractivity contribution in [3.8, 4) is 55.9 Å². The number of furan rings is 1. The van der Waals surface area contributed by atoms with Gasteiger partial charge in [-0.05, 0) is 146 Å². The van der Waals surface area contributed by atoms with Gasteiger partial charge in [-0.25, -0.2) is 15.0 Å². The Morgan fingerprint density at radius 2 is 1.37 bits per heavy atom. The van der Waals surface area contributed by atoms with Gasteiger partial charge in [-0.15, -0.1) is 0 Å². The van der Waals surface area contributed by atoms with Crippen LogP contribution in [-0.4, -0.2) is 15.0 Å². The van der Waals surface area contributed by atoms with Crippen LogP contribution in [0.2, 0.25) is 0 Å². The van der Waals surface area contributed by atoms with E-state index in [-0.39, 0.29) is 16.7 Å². The first-order valence-electron chi connectivity index (χ1n) is 23.6. The Bertz CT molecular complexity index is 3500. The summed E-state index contributed by atoms with van der Waals surface area (Å²) >= 11 is 0. The quantitative estimate of drug-likeness (QED) is 0.167. The van der Waals surface area contributed by atoms with E-state index in [9.17, 15) is 0 Å². The minimum atomic E-state index is -0.344. The average molecular weight is 838 g/mol. The zero-order valence-corrected chi connectivity index (χ0v) is 36.7. The summed E-state index contributed by atoms with van der Waals surface area (Å²) in [5.74, 6) is 4.07. The SMILES string of the molecule is CC1(C)c2ccccc2-c2cc3c(cc21)-c1ccccc1C1(c2nc(CCC4Cc5ccc(-c6ccccc6)cc5-c5ccccc54)nc(-c4ccc5c6c(oc5c4)C=CCC6)n2)CC31. The molecule has 3 atom stereocenters. The monoisotopic (exact) mass is 837 g/mol. The van der Waals surface area contributed by atoms with Crippen LogP contribution in [0.1, 0.15) is 101 Å². The number of nitrogens with zero attached hydrogens (tertiary/aromatic N) is 3. The van der Waals surface area contributed by atoms with Gasteiger partial charge in [-0.2, -0.15) is 0 Å². The molecule has 0 saturated heterocycles. The second kappa shape index (κ2) is 13.7. The van der Waals surface area contributed by atoms with Gasteiger partial charge in [0.1, 0.15) is 23.0 Å². The first-order chi connectivity index (χ1) is 31.9. The predicted molar refractivity (Wildman–Crippen MR) is 262 cm³/mol. The van der Waals surface area contributed by atoms with Crippen molar-refractivity contribution in [3.63, 3.8) is 0 Å². The standard InChI is InChI=1S/C61H47N3O/c1-60(2)51-21-11-8-19-44(51)49-33-50-48(34-53(49)60)43-18-9-12-22-52(43)61(35-54(50)61)59-63-57(62-58(64-59)40-26-28-46-45-20-10-13-23-55(45)65-56(46)32-40)29-27-38-30-39-25-24-37(36-14-4-3-5-15-36)31-47(39)42-17-7-6-16-41(38)42/h3-9,11-19,21-26,28,31-34,38,54H,10,20,27,29-30,35H2,1-2H3. The van der Waals surface area contributed by atoms with Crippen molar-refractivity contribution in [1.82, 2.24) is 15.0 Å². The van der Waals surface area contributed by atoms with Gasteiger partial charge in [-0.3, -0.25) is 0 Å². The van der Waals surface area contributed by atoms with E-state index < -0.39 is 0 Å². The summed E-state index contributed by atoms with van der Waals surface area (Å²) in [6.45, 7) is 4.76. The molecule has 0 bridgehead atoms. The molecular formula is C61H47N3O. The molecule has 0 aliphatic heterocycles. The van der Waals surface area contributed by atoms with E-state index in [2.05, 4.69) is 178 Å². The highest BCUT2D eigenvalue weighted by Gasteiger charge is 2.63. The van der Waals surface area contributed by atoms with Crippen LogP contribution in [0.4, 0.5) is 0 Å². The fraction of sp³-hybridized carbons (Fsp3) is 0.197. The number of allylic oxidation sites excluding steroid dienone is 1. The van der Waals surface area contributed by atoms with Crippen molar-refractivity contribution in [1.29, 1.82) is 0 Å². The lowest BCUT2D eigenvalue weighted by molar-refractivity contribution is 0.593. The predicted octanol–water partition coefficient (Wildman–Crippen LogP) is 14.6. The third kappa shape index (κ3) is 5.46. The molecule has 14 rings (SSSR count). The van der Waals surface area contributed by atoms with Crippen LogP contribution in [0, 0.1) is 0 Å². The van der Waals surface area contributed by atoms with Gasteiger partial charge in [0.25, 0.3) is 0 Å². The van der Waals surface area contributed by atoms with E-state index in [4.69, 9.17) is 19.4 Å². The Hall–Kier alpha value is -7.17. The maximum Gasteiger partial charge on any atom is 0.163 e. The zero-order valence-electron chi connectivity index (χ0n) is 36.7. The smallest absolute Gasteiger partial charge is 0.163 e. The zero-order chi connectivity index (χ0) is 43.0. The Labute approximate surface area is 379 Å². The van der Waals surface area contributed by atoms with E-state index in [1.165, 1.54) is 88.8 Å². The van der Waals surface area contributed by atoms with Gasteiger partial charge in [0.15, 0.2) is 5.82 Å². The number of hydrogen-bond donors (Lipinski definition) is 0. The molecular weight excluding hydrogens is 791 g/mol. The van der Waals surface area contributed by atoms with Gasteiger partial charge in [0, 0.05) is 34.3 Å². The molecule has 4 heteroatoms. The maximum atomic E-state index is 6.48. The Morgan fingerprint density at radius 3 is 2.25 bits per heavy atom. The molecule has 2 aromatic heterocycles. The number of benzene rings is 7. The van der Waals surface area contributed by atoms with Crippen molar-refractivity contribution in [2.45, 2.75) is 75.0 Å². The summed E-state index contributed by atoms with van der Waals surface area (Å²) in [6.07, 6.45) is 10.0. The second-order valence-electron chi connectivity index (χ2n) is 19.7. The summed E-state index contributed by atoms with van der Waals surface area (Å²) in [7, 11) is 0. The van der Waals surface area contributed by atoms with Gasteiger partial charge in [-0.1, -0.05) is 147 Å². The fourth-order valence-electron chi connectivity index (χ4n) is 12.5. The summed E-state index contributed by atoms with van der Waals surface area (Å²) in [6, 6.07) is 56.6. The third-order valence-electron chi connectivity index (χ3n) is 15.9. The lowest BCUT2D eigenvalue weighted by Crippen LogP contribution is -2.23. The summed E-state index contributed by atoms with van der Waals surface area (Å²) in [5, 5.41) is 1.19. The highest BCUT2D eigenvalue weighted by molar-refractivity contribution is 5.90. The second-order valence-corrected chi connectivity index (χ2v) is 19.7. The minimum absolute atomic E-state index is 0.0668. The van der Waals surface area contributed by atoms with E-state index in [1.54, 1.807) is 0 Å². The number of aryl methyl sites for hydroxylation is 2. The normalized spacial score (nSPS) is 19.8. The Morgan fingerprint density at radius 1 is 0.600 bits per heavy atom. The molecule has 5 aliphatic rings. The first kappa shape index (κ1) is 37.2. The van der Waals surface area contributed by atoms with E-state index in [0.29, 0.717) is 5.92 Å². The Kier molecular flexibility index (Phi) is 7.83. The molecule has 7 aromatic carbocycles. The number of hydrogen-bond acceptors (Lipinski definition) is 4. The summed E-state index contributed by atoms with van der Waals surface area (Å²) < 4.78 is 6.48. The van der Waals surface area contributed by atoms with Gasteiger partial charge >= 0.3 is 0 Å². The van der Waals surface area contributed by atoms with Crippen LogP contribution in [0.25, 0.3) is 72.9 Å². The minimum Gasteiger partial charge on any atom is -0.456 e. The molecule has 2 heterocycles. The topological polar surface area (TPSA) is 51.8 Å². The summed E-state index contributed by atoms with van der Waals surface area (Å²) in [5.41, 5.74) is 21.7. The lowest BCUT2D eigenvalue weighted by Gasteiger charge is -2.30. The van der Waals surface area contributed by atoms with E-state index >= 15 is 0 Å². The Balaban J connectivity index is 0.880. The van der Waals surface area contributed by atoms with Gasteiger partial charge < -0.3 is 4.42 Å². The number of aromatic nitrogens is 3. The molecule has 5 aliphatic carbocycles. The molecule has 0 amide bonds. The van der Waals surface area contributed by atoms with Crippen LogP contribution < -0.4 is 0 Å². The van der Waals surface area contributed by atoms with Crippen LogP contribution in [-0.2, 0) is 30.1 Å². The molecule has 0 spiro atoms. The fourth-order valence-corrected chi connectivity index (χ4v) is 12.5. The molecule has 0 radical (unpaired) electrons. The molecule has 1 saturated carbocycles. The average Bonchev–Trinajstić information content (AvgIpc) is 3.97. The van der Waals surface area contributed by atoms with E-state index in [0.717, 1.165) is 72.9 Å². The molecule has 0 N–H and O–H groups in total. The molecule has 3 unspecified atom stereocenters. The molecule has 65 heavy (non-hydrogen) atoms. The van der Waals surface area contributed by atoms with Crippen molar-refractivity contribution >= 4 is 17.0 Å². The maximum absolute atomic E-state index is 6.48. The first-order valence-corrected chi connectivity index (χ1v) is 23.6. The number of fused-ring (bicyclic) bond motifs is 15. The molecule has 9 aromatic rings. The van der Waals surface area contributed by atoms with Crippen molar-refractivity contribution in [2.75, 3.05) is 0 Å². The highest BCUT2D eigenvalue weighted by Crippen LogP contribution is 2.70. The lowest BCUT2D eigenvalue weighted by atomic mass is 9.75. The van der Waals surface area contributed by atoms with Gasteiger partial charge in [0.2, 0.25) is 0 Å². The van der Waals surface area contributed by atoms with Gasteiger partial charge in [0.05, 0.1) is 5.41 Å². The van der Waals surface area contributed by atoms with Crippen LogP contribution in [0.3, 0.4) is 0 Å². The van der Waals surface area contributed by atoms with Crippen molar-refractivity contribution in [2.24, 2.45) is 0 Å². The van der Waals surface area contributed by atoms with Crippen LogP contribution in [0.15, 0.2) is 162 Å². The molecule has 1 fully saturated rings. The third-order valence-corrected chi connectivity index (χ3v) is 15.9.